The smallest absolute Gasteiger partial charge is 0.353 e. The first-order chi connectivity index (χ1) is 7.20. The van der Waals surface area contributed by atoms with E-state index >= 15 is 0 Å². The van der Waals surface area contributed by atoms with E-state index in [9.17, 15) is 10.1 Å². The van der Waals surface area contributed by atoms with E-state index < -0.39 is 4.92 Å². The summed E-state index contributed by atoms with van der Waals surface area (Å²) in [5.41, 5.74) is -0.117. The lowest BCUT2D eigenvalue weighted by Crippen LogP contribution is -2.08. The average Bonchev–Trinajstić information content (AvgIpc) is 2.25. The standard InChI is InChI=1S/C8H13N5O2/c1-3-4-10-8-6(13(14)15)7(9-2)11-5-12-8/h5H,3-4H2,1-2H3,(H2,9,10,11,12). The predicted octanol–water partition coefficient (Wildman–Crippen LogP) is 1.25. The fraction of sp³-hybridized carbons (Fsp3) is 0.500. The Balaban J connectivity index is 3.07. The van der Waals surface area contributed by atoms with Gasteiger partial charge in [0.2, 0.25) is 11.6 Å². The highest BCUT2D eigenvalue weighted by Crippen LogP contribution is 2.27. The average molecular weight is 211 g/mol. The van der Waals surface area contributed by atoms with E-state index in [1.54, 1.807) is 7.05 Å². The summed E-state index contributed by atoms with van der Waals surface area (Å²) in [5.74, 6) is 0.467. The van der Waals surface area contributed by atoms with Gasteiger partial charge < -0.3 is 10.6 Å². The zero-order valence-corrected chi connectivity index (χ0v) is 8.65. The van der Waals surface area contributed by atoms with Crippen LogP contribution in [0.25, 0.3) is 0 Å². The second-order valence-electron chi connectivity index (χ2n) is 2.85. The van der Waals surface area contributed by atoms with Gasteiger partial charge in [-0.05, 0) is 6.42 Å². The monoisotopic (exact) mass is 211 g/mol. The highest BCUT2D eigenvalue weighted by atomic mass is 16.6. The molecule has 0 saturated carbocycles. The van der Waals surface area contributed by atoms with E-state index in [0.29, 0.717) is 6.54 Å². The van der Waals surface area contributed by atoms with E-state index in [1.165, 1.54) is 6.33 Å². The molecule has 0 aliphatic carbocycles. The summed E-state index contributed by atoms with van der Waals surface area (Å²) in [6.45, 7) is 2.61. The maximum atomic E-state index is 10.8. The first-order valence-electron chi connectivity index (χ1n) is 4.61. The zero-order valence-electron chi connectivity index (χ0n) is 8.65. The number of aromatic nitrogens is 2. The van der Waals surface area contributed by atoms with Gasteiger partial charge in [-0.1, -0.05) is 6.92 Å². The van der Waals surface area contributed by atoms with Crippen LogP contribution in [0, 0.1) is 10.1 Å². The SMILES string of the molecule is CCCNc1ncnc(NC)c1[N+](=O)[O-]. The third-order valence-electron chi connectivity index (χ3n) is 1.78. The van der Waals surface area contributed by atoms with Gasteiger partial charge in [0.1, 0.15) is 6.33 Å². The highest BCUT2D eigenvalue weighted by molar-refractivity contribution is 5.68. The number of hydrogen-bond donors (Lipinski definition) is 2. The molecule has 0 radical (unpaired) electrons. The van der Waals surface area contributed by atoms with E-state index in [4.69, 9.17) is 0 Å². The molecule has 1 heterocycles. The van der Waals surface area contributed by atoms with Crippen molar-refractivity contribution in [2.45, 2.75) is 13.3 Å². The van der Waals surface area contributed by atoms with Crippen LogP contribution in [0.1, 0.15) is 13.3 Å². The summed E-state index contributed by atoms with van der Waals surface area (Å²) in [5, 5.41) is 16.4. The fourth-order valence-electron chi connectivity index (χ4n) is 1.11. The van der Waals surface area contributed by atoms with Crippen LogP contribution >= 0.6 is 0 Å². The molecule has 0 atom stereocenters. The van der Waals surface area contributed by atoms with Crippen LogP contribution in [0.15, 0.2) is 6.33 Å². The van der Waals surface area contributed by atoms with Crippen molar-refractivity contribution in [3.63, 3.8) is 0 Å². The highest BCUT2D eigenvalue weighted by Gasteiger charge is 2.21. The predicted molar refractivity (Wildman–Crippen MR) is 57.0 cm³/mol. The first kappa shape index (κ1) is 11.2. The summed E-state index contributed by atoms with van der Waals surface area (Å²) >= 11 is 0. The Kier molecular flexibility index (Phi) is 3.78. The van der Waals surface area contributed by atoms with Crippen molar-refractivity contribution < 1.29 is 4.92 Å². The summed E-state index contributed by atoms with van der Waals surface area (Å²) in [4.78, 5) is 17.9. The van der Waals surface area contributed by atoms with Gasteiger partial charge in [-0.2, -0.15) is 0 Å². The minimum atomic E-state index is -0.496. The van der Waals surface area contributed by atoms with E-state index in [0.717, 1.165) is 6.42 Å². The van der Waals surface area contributed by atoms with Gasteiger partial charge in [-0.15, -0.1) is 0 Å². The van der Waals surface area contributed by atoms with Gasteiger partial charge in [0.05, 0.1) is 4.92 Å². The van der Waals surface area contributed by atoms with Gasteiger partial charge in [-0.25, -0.2) is 9.97 Å². The molecule has 1 aromatic rings. The molecule has 0 spiro atoms. The van der Waals surface area contributed by atoms with Gasteiger partial charge >= 0.3 is 5.69 Å². The van der Waals surface area contributed by atoms with Crippen molar-refractivity contribution in [1.29, 1.82) is 0 Å². The summed E-state index contributed by atoms with van der Waals surface area (Å²) in [6.07, 6.45) is 2.16. The van der Waals surface area contributed by atoms with Crippen molar-refractivity contribution in [3.05, 3.63) is 16.4 Å². The molecule has 0 bridgehead atoms. The molecule has 0 unspecified atom stereocenters. The maximum Gasteiger partial charge on any atom is 0.353 e. The number of nitro groups is 1. The Morgan fingerprint density at radius 2 is 2.13 bits per heavy atom. The molecule has 0 aliphatic rings. The van der Waals surface area contributed by atoms with E-state index in [1.807, 2.05) is 6.92 Å². The first-order valence-corrected chi connectivity index (χ1v) is 4.61. The molecule has 7 heteroatoms. The van der Waals surface area contributed by atoms with Gasteiger partial charge in [0.25, 0.3) is 0 Å². The van der Waals surface area contributed by atoms with Crippen LogP contribution in [-0.2, 0) is 0 Å². The largest absolute Gasteiger partial charge is 0.367 e. The van der Waals surface area contributed by atoms with Crippen molar-refractivity contribution in [2.24, 2.45) is 0 Å². The number of anilines is 2. The topological polar surface area (TPSA) is 93.0 Å². The van der Waals surface area contributed by atoms with Crippen molar-refractivity contribution in [3.8, 4) is 0 Å². The Labute approximate surface area is 87.1 Å². The minimum absolute atomic E-state index is 0.117. The molecule has 0 saturated heterocycles. The molecule has 0 aliphatic heterocycles. The van der Waals surface area contributed by atoms with Crippen LogP contribution in [0.5, 0.6) is 0 Å². The molecule has 1 rings (SSSR count). The van der Waals surface area contributed by atoms with Crippen LogP contribution in [-0.4, -0.2) is 28.5 Å². The van der Waals surface area contributed by atoms with E-state index in [-0.39, 0.29) is 17.3 Å². The molecule has 0 aromatic carbocycles. The molecular formula is C8H13N5O2. The minimum Gasteiger partial charge on any atom is -0.367 e. The normalized spacial score (nSPS) is 9.73. The molecule has 1 aromatic heterocycles. The number of nitrogens with zero attached hydrogens (tertiary/aromatic N) is 3. The van der Waals surface area contributed by atoms with Gasteiger partial charge in [0, 0.05) is 13.6 Å². The Morgan fingerprint density at radius 3 is 2.67 bits per heavy atom. The quantitative estimate of drug-likeness (QED) is 0.562. The lowest BCUT2D eigenvalue weighted by Gasteiger charge is -2.06. The Morgan fingerprint density at radius 1 is 1.47 bits per heavy atom. The number of nitrogens with one attached hydrogen (secondary N) is 2. The van der Waals surface area contributed by atoms with Crippen LogP contribution < -0.4 is 10.6 Å². The molecule has 82 valence electrons. The molecule has 0 fully saturated rings. The van der Waals surface area contributed by atoms with Crippen LogP contribution in [0.4, 0.5) is 17.3 Å². The maximum absolute atomic E-state index is 10.8. The summed E-state index contributed by atoms with van der Waals surface area (Å²) in [7, 11) is 1.58. The lowest BCUT2D eigenvalue weighted by molar-refractivity contribution is -0.383. The summed E-state index contributed by atoms with van der Waals surface area (Å²) < 4.78 is 0. The molecule has 15 heavy (non-hydrogen) atoms. The Hall–Kier alpha value is -1.92. The third-order valence-corrected chi connectivity index (χ3v) is 1.78. The summed E-state index contributed by atoms with van der Waals surface area (Å²) in [6, 6.07) is 0. The lowest BCUT2D eigenvalue weighted by atomic mass is 10.4. The molecule has 0 amide bonds. The van der Waals surface area contributed by atoms with Crippen molar-refractivity contribution >= 4 is 17.3 Å². The molecular weight excluding hydrogens is 198 g/mol. The molecule has 2 N–H and O–H groups in total. The van der Waals surface area contributed by atoms with Crippen molar-refractivity contribution in [2.75, 3.05) is 24.2 Å². The van der Waals surface area contributed by atoms with Crippen LogP contribution in [0.2, 0.25) is 0 Å². The second-order valence-corrected chi connectivity index (χ2v) is 2.85. The fourth-order valence-corrected chi connectivity index (χ4v) is 1.11. The number of rotatable bonds is 5. The molecule has 7 nitrogen and oxygen atoms in total. The number of hydrogen-bond acceptors (Lipinski definition) is 6. The van der Waals surface area contributed by atoms with Crippen LogP contribution in [0.3, 0.4) is 0 Å². The Bertz CT molecular complexity index is 355. The van der Waals surface area contributed by atoms with Gasteiger partial charge in [-0.3, -0.25) is 10.1 Å². The van der Waals surface area contributed by atoms with Gasteiger partial charge in [0.15, 0.2) is 0 Å². The van der Waals surface area contributed by atoms with Crippen molar-refractivity contribution in [1.82, 2.24) is 9.97 Å². The second kappa shape index (κ2) is 5.08. The zero-order chi connectivity index (χ0) is 11.3. The van der Waals surface area contributed by atoms with E-state index in [2.05, 4.69) is 20.6 Å². The third kappa shape index (κ3) is 2.52.